The topological polar surface area (TPSA) is 117 Å². The van der Waals surface area contributed by atoms with E-state index in [0.29, 0.717) is 58.5 Å². The van der Waals surface area contributed by atoms with E-state index in [1.165, 1.54) is 18.2 Å². The van der Waals surface area contributed by atoms with Crippen LogP contribution in [0.4, 0.5) is 18.0 Å². The number of aliphatic imine (C=N–C) groups is 2. The molecular formula is C29H25AsF3N3O5. The van der Waals surface area contributed by atoms with Crippen molar-refractivity contribution in [2.75, 3.05) is 0 Å². The summed E-state index contributed by atoms with van der Waals surface area (Å²) in [6.45, 7) is -0.141. The second kappa shape index (κ2) is 11.9. The monoisotopic (exact) mass is 627 g/mol. The zero-order chi connectivity index (χ0) is 29.1. The van der Waals surface area contributed by atoms with Crippen molar-refractivity contribution in [1.82, 2.24) is 5.32 Å². The summed E-state index contributed by atoms with van der Waals surface area (Å²) in [6.07, 6.45) is 0.0632. The van der Waals surface area contributed by atoms with E-state index in [-0.39, 0.29) is 28.5 Å². The first kappa shape index (κ1) is 28.5. The molecule has 5 rings (SSSR count). The van der Waals surface area contributed by atoms with Gasteiger partial charge in [-0.15, -0.1) is 0 Å². The second-order valence-corrected chi connectivity index (χ2v) is 12.7. The number of rotatable bonds is 8. The molecule has 3 aliphatic rings. The Bertz CT molecular complexity index is 1540. The van der Waals surface area contributed by atoms with Gasteiger partial charge in [0.15, 0.2) is 0 Å². The van der Waals surface area contributed by atoms with Gasteiger partial charge in [-0.2, -0.15) is 0 Å². The quantitative estimate of drug-likeness (QED) is 0.435. The molecule has 0 radical (unpaired) electrons. The number of carboxylic acid groups (broad SMARTS) is 1. The maximum absolute atomic E-state index is 13.4. The van der Waals surface area contributed by atoms with Gasteiger partial charge in [0.25, 0.3) is 0 Å². The van der Waals surface area contributed by atoms with E-state index in [0.717, 1.165) is 11.1 Å². The van der Waals surface area contributed by atoms with Crippen LogP contribution in [0.2, 0.25) is 0 Å². The van der Waals surface area contributed by atoms with Crippen LogP contribution in [-0.4, -0.2) is 55.7 Å². The van der Waals surface area contributed by atoms with Crippen LogP contribution in [0, 0.1) is 5.92 Å². The number of allylic oxidation sites excluding steroid dienone is 1. The van der Waals surface area contributed by atoms with Crippen LogP contribution in [0.15, 0.2) is 69.9 Å². The van der Waals surface area contributed by atoms with Gasteiger partial charge in [-0.3, -0.25) is 4.79 Å². The minimum absolute atomic E-state index is 0.0121. The Kier molecular flexibility index (Phi) is 8.26. The molecule has 1 aliphatic carbocycles. The normalized spacial score (nSPS) is 18.3. The number of hydrogen-bond acceptors (Lipinski definition) is 5. The van der Waals surface area contributed by atoms with Gasteiger partial charge in [0.05, 0.1) is 0 Å². The van der Waals surface area contributed by atoms with Gasteiger partial charge in [0, 0.05) is 0 Å². The summed E-state index contributed by atoms with van der Waals surface area (Å²) in [5.74, 6) is 0.873. The van der Waals surface area contributed by atoms with Gasteiger partial charge >= 0.3 is 235 Å². The molecule has 8 nitrogen and oxygen atoms in total. The minimum atomic E-state index is -4.42. The average Bonchev–Trinajstić information content (AvgIpc) is 2.90. The number of amides is 2. The Morgan fingerprint density at radius 2 is 1.90 bits per heavy atom. The van der Waals surface area contributed by atoms with Crippen LogP contribution in [0.3, 0.4) is 0 Å². The number of aryl methyl sites for hydroxylation is 1. The SMILES string of the molecule is O=C1C=CC2=C(Oc3ccc4c(c3)CC(C(=O)[AsH]c3cc(CNC(=O)O)cc(CC(F)(F)F)c3)CC4)CC=NC2=N1. The van der Waals surface area contributed by atoms with E-state index in [9.17, 15) is 27.6 Å². The van der Waals surface area contributed by atoms with Crippen molar-refractivity contribution in [3.05, 3.63) is 82.1 Å². The molecule has 2 N–H and O–H groups in total. The summed E-state index contributed by atoms with van der Waals surface area (Å²) < 4.78 is 46.0. The predicted molar refractivity (Wildman–Crippen MR) is 147 cm³/mol. The number of carbonyl (C=O) groups is 3. The fourth-order valence-corrected chi connectivity index (χ4v) is 7.65. The van der Waals surface area contributed by atoms with Crippen LogP contribution in [0.1, 0.15) is 35.1 Å². The third kappa shape index (κ3) is 7.41. The molecule has 0 spiro atoms. The molecule has 2 aliphatic heterocycles. The van der Waals surface area contributed by atoms with E-state index in [4.69, 9.17) is 9.84 Å². The van der Waals surface area contributed by atoms with Crippen LogP contribution in [0.25, 0.3) is 0 Å². The Morgan fingerprint density at radius 1 is 1.10 bits per heavy atom. The van der Waals surface area contributed by atoms with Crippen LogP contribution in [0.5, 0.6) is 5.75 Å². The number of benzene rings is 2. The third-order valence-corrected chi connectivity index (χ3v) is 9.41. The van der Waals surface area contributed by atoms with Crippen LogP contribution >= 0.6 is 0 Å². The number of carbonyl (C=O) groups excluding carboxylic acids is 2. The number of ether oxygens (including phenoxy) is 1. The Labute approximate surface area is 239 Å². The zero-order valence-electron chi connectivity index (χ0n) is 21.6. The summed E-state index contributed by atoms with van der Waals surface area (Å²) in [4.78, 5) is 43.9. The second-order valence-electron chi connectivity index (χ2n) is 9.91. The van der Waals surface area contributed by atoms with Crippen molar-refractivity contribution in [1.29, 1.82) is 0 Å². The number of halogens is 3. The average molecular weight is 627 g/mol. The molecule has 0 saturated heterocycles. The number of nitrogens with one attached hydrogen (secondary N) is 1. The summed E-state index contributed by atoms with van der Waals surface area (Å²) in [5, 5.41) is 11.1. The van der Waals surface area contributed by atoms with Crippen molar-refractivity contribution in [3.8, 4) is 5.75 Å². The van der Waals surface area contributed by atoms with E-state index in [1.54, 1.807) is 18.4 Å². The summed E-state index contributed by atoms with van der Waals surface area (Å²) in [6, 6.07) is 10.1. The molecular weight excluding hydrogens is 602 g/mol. The van der Waals surface area contributed by atoms with E-state index >= 15 is 0 Å². The van der Waals surface area contributed by atoms with Gasteiger partial charge in [0.2, 0.25) is 0 Å². The predicted octanol–water partition coefficient (Wildman–Crippen LogP) is 3.55. The number of nitrogens with zero attached hydrogens (tertiary/aromatic N) is 2. The summed E-state index contributed by atoms with van der Waals surface area (Å²) >= 11 is -1.44. The van der Waals surface area contributed by atoms with E-state index < -0.39 is 34.4 Å². The fourth-order valence-electron chi connectivity index (χ4n) is 5.02. The first-order valence-electron chi connectivity index (χ1n) is 12.9. The molecule has 0 saturated carbocycles. The van der Waals surface area contributed by atoms with Gasteiger partial charge in [0.1, 0.15) is 0 Å². The molecule has 2 heterocycles. The van der Waals surface area contributed by atoms with Crippen molar-refractivity contribution in [2.24, 2.45) is 15.9 Å². The molecule has 2 unspecified atom stereocenters. The van der Waals surface area contributed by atoms with Crippen molar-refractivity contribution in [2.45, 2.75) is 44.8 Å². The molecule has 0 fully saturated rings. The number of amidine groups is 1. The van der Waals surface area contributed by atoms with E-state index in [1.807, 2.05) is 18.2 Å². The summed E-state index contributed by atoms with van der Waals surface area (Å²) in [7, 11) is 0. The molecule has 12 heteroatoms. The standard InChI is InChI=1S/C29H25AsF3N3O5/c31-29(32,33)14-16-9-17(15-35-28(39)40)11-21(10-16)30-26(38)19-2-1-18-3-4-22(13-20(18)12-19)41-24-7-8-34-27-23(24)5-6-25(37)36-27/h3-6,8-11,13,19,30,35H,1-2,7,12,14-15H2,(H,39,40). The number of alkyl halides is 3. The van der Waals surface area contributed by atoms with Gasteiger partial charge in [-0.05, 0) is 0 Å². The number of fused-ring (bicyclic) bond motifs is 2. The van der Waals surface area contributed by atoms with Crippen LogP contribution < -0.4 is 14.4 Å². The Balaban J connectivity index is 1.30. The van der Waals surface area contributed by atoms with Crippen molar-refractivity contribution in [3.63, 3.8) is 0 Å². The van der Waals surface area contributed by atoms with Gasteiger partial charge < -0.3 is 0 Å². The fraction of sp³-hybridized carbons (Fsp3) is 0.276. The first-order valence-corrected chi connectivity index (χ1v) is 15.0. The molecule has 2 aromatic rings. The third-order valence-electron chi connectivity index (χ3n) is 6.83. The maximum atomic E-state index is 13.4. The van der Waals surface area contributed by atoms with Gasteiger partial charge in [-0.1, -0.05) is 0 Å². The van der Waals surface area contributed by atoms with E-state index in [2.05, 4.69) is 15.3 Å². The van der Waals surface area contributed by atoms with Crippen molar-refractivity contribution < 1.29 is 37.4 Å². The van der Waals surface area contributed by atoms with Crippen LogP contribution in [-0.2, 0) is 35.4 Å². The summed E-state index contributed by atoms with van der Waals surface area (Å²) in [5.41, 5.74) is 3.15. The zero-order valence-corrected chi connectivity index (χ0v) is 23.7. The molecule has 41 heavy (non-hydrogen) atoms. The molecule has 0 aromatic heterocycles. The Hall–Kier alpha value is -3.98. The molecule has 212 valence electrons. The Morgan fingerprint density at radius 3 is 2.68 bits per heavy atom. The molecule has 2 aromatic carbocycles. The first-order chi connectivity index (χ1) is 19.5. The molecule has 2 amide bonds. The van der Waals surface area contributed by atoms with Gasteiger partial charge in [-0.25, -0.2) is 0 Å². The number of hydrogen-bond donors (Lipinski definition) is 2. The molecule has 2 atom stereocenters. The van der Waals surface area contributed by atoms with Crippen molar-refractivity contribution >= 4 is 48.7 Å². The molecule has 0 bridgehead atoms. The number of dihydropyridines is 2.